The SMILES string of the molecule is O=Cc1cnc2nnc(C3CC3)n2c1. The summed E-state index contributed by atoms with van der Waals surface area (Å²) in [6.07, 6.45) is 6.35. The van der Waals surface area contributed by atoms with Crippen LogP contribution in [0.3, 0.4) is 0 Å². The molecule has 2 aromatic rings. The van der Waals surface area contributed by atoms with Crippen molar-refractivity contribution in [3.63, 3.8) is 0 Å². The highest BCUT2D eigenvalue weighted by Crippen LogP contribution is 2.38. The Bertz CT molecular complexity index is 500. The molecule has 2 aromatic heterocycles. The summed E-state index contributed by atoms with van der Waals surface area (Å²) in [5.74, 6) is 2.00. The first kappa shape index (κ1) is 7.61. The molecule has 0 amide bonds. The summed E-state index contributed by atoms with van der Waals surface area (Å²) in [6.45, 7) is 0. The van der Waals surface area contributed by atoms with E-state index in [9.17, 15) is 4.79 Å². The average molecular weight is 188 g/mol. The molecular weight excluding hydrogens is 180 g/mol. The van der Waals surface area contributed by atoms with Crippen LogP contribution in [0.25, 0.3) is 5.78 Å². The topological polar surface area (TPSA) is 60.2 Å². The van der Waals surface area contributed by atoms with Gasteiger partial charge in [-0.2, -0.15) is 0 Å². The normalized spacial score (nSPS) is 16.0. The summed E-state index contributed by atoms with van der Waals surface area (Å²) in [6, 6.07) is 0. The van der Waals surface area contributed by atoms with Crippen molar-refractivity contribution in [3.8, 4) is 0 Å². The minimum Gasteiger partial charge on any atom is -0.298 e. The fraction of sp³-hybridized carbons (Fsp3) is 0.333. The highest BCUT2D eigenvalue weighted by molar-refractivity contribution is 5.73. The third-order valence-corrected chi connectivity index (χ3v) is 2.39. The van der Waals surface area contributed by atoms with Crippen LogP contribution in [0.2, 0.25) is 0 Å². The number of rotatable bonds is 2. The Morgan fingerprint density at radius 3 is 3.00 bits per heavy atom. The van der Waals surface area contributed by atoms with Crippen LogP contribution < -0.4 is 0 Å². The Morgan fingerprint density at radius 2 is 2.29 bits per heavy atom. The predicted molar refractivity (Wildman–Crippen MR) is 48.1 cm³/mol. The van der Waals surface area contributed by atoms with Gasteiger partial charge in [0.15, 0.2) is 6.29 Å². The van der Waals surface area contributed by atoms with Gasteiger partial charge in [-0.05, 0) is 12.8 Å². The monoisotopic (exact) mass is 188 g/mol. The van der Waals surface area contributed by atoms with Crippen molar-refractivity contribution >= 4 is 12.1 Å². The van der Waals surface area contributed by atoms with E-state index in [0.717, 1.165) is 25.0 Å². The van der Waals surface area contributed by atoms with Crippen molar-refractivity contribution in [1.82, 2.24) is 19.6 Å². The first-order valence-electron chi connectivity index (χ1n) is 4.54. The molecule has 0 saturated heterocycles. The molecule has 5 nitrogen and oxygen atoms in total. The fourth-order valence-electron chi connectivity index (χ4n) is 1.50. The zero-order chi connectivity index (χ0) is 9.54. The quantitative estimate of drug-likeness (QED) is 0.654. The molecule has 0 unspecified atom stereocenters. The van der Waals surface area contributed by atoms with Gasteiger partial charge in [0.25, 0.3) is 5.78 Å². The van der Waals surface area contributed by atoms with E-state index < -0.39 is 0 Å². The summed E-state index contributed by atoms with van der Waals surface area (Å²) in [5.41, 5.74) is 0.555. The second kappa shape index (κ2) is 2.60. The number of fused-ring (bicyclic) bond motifs is 1. The Labute approximate surface area is 79.8 Å². The van der Waals surface area contributed by atoms with E-state index in [2.05, 4.69) is 15.2 Å². The lowest BCUT2D eigenvalue weighted by molar-refractivity contribution is 0.112. The maximum Gasteiger partial charge on any atom is 0.254 e. The number of aromatic nitrogens is 4. The maximum atomic E-state index is 10.6. The van der Waals surface area contributed by atoms with Crippen molar-refractivity contribution < 1.29 is 4.79 Å². The Morgan fingerprint density at radius 1 is 1.43 bits per heavy atom. The predicted octanol–water partition coefficient (Wildman–Crippen LogP) is 0.814. The molecule has 0 spiro atoms. The molecule has 1 fully saturated rings. The molecule has 3 rings (SSSR count). The zero-order valence-corrected chi connectivity index (χ0v) is 7.42. The van der Waals surface area contributed by atoms with Crippen LogP contribution in [0.15, 0.2) is 12.4 Å². The van der Waals surface area contributed by atoms with Crippen LogP contribution in [-0.4, -0.2) is 25.9 Å². The third-order valence-electron chi connectivity index (χ3n) is 2.39. The van der Waals surface area contributed by atoms with E-state index in [-0.39, 0.29) is 0 Å². The summed E-state index contributed by atoms with van der Waals surface area (Å²) in [5, 5.41) is 8.01. The van der Waals surface area contributed by atoms with Crippen molar-refractivity contribution in [2.24, 2.45) is 0 Å². The van der Waals surface area contributed by atoms with Gasteiger partial charge in [-0.1, -0.05) is 0 Å². The molecular formula is C9H8N4O. The van der Waals surface area contributed by atoms with Crippen LogP contribution in [0, 0.1) is 0 Å². The smallest absolute Gasteiger partial charge is 0.254 e. The molecule has 1 aliphatic carbocycles. The van der Waals surface area contributed by atoms with Crippen molar-refractivity contribution in [1.29, 1.82) is 0 Å². The van der Waals surface area contributed by atoms with Gasteiger partial charge in [-0.3, -0.25) is 9.20 Å². The fourth-order valence-corrected chi connectivity index (χ4v) is 1.50. The minimum absolute atomic E-state index is 0.508. The van der Waals surface area contributed by atoms with Crippen LogP contribution >= 0.6 is 0 Å². The van der Waals surface area contributed by atoms with Gasteiger partial charge < -0.3 is 0 Å². The van der Waals surface area contributed by atoms with Gasteiger partial charge in [-0.15, -0.1) is 10.2 Å². The molecule has 0 aliphatic heterocycles. The summed E-state index contributed by atoms with van der Waals surface area (Å²) < 4.78 is 1.81. The number of hydrogen-bond donors (Lipinski definition) is 0. The van der Waals surface area contributed by atoms with Crippen LogP contribution in [-0.2, 0) is 0 Å². The van der Waals surface area contributed by atoms with E-state index in [1.165, 1.54) is 6.20 Å². The third kappa shape index (κ3) is 1.02. The van der Waals surface area contributed by atoms with Crippen LogP contribution in [0.5, 0.6) is 0 Å². The molecule has 0 radical (unpaired) electrons. The Kier molecular flexibility index (Phi) is 1.41. The summed E-state index contributed by atoms with van der Waals surface area (Å²) in [4.78, 5) is 14.6. The lowest BCUT2D eigenvalue weighted by atomic mass is 10.3. The van der Waals surface area contributed by atoms with Crippen molar-refractivity contribution in [2.45, 2.75) is 18.8 Å². The van der Waals surface area contributed by atoms with Crippen molar-refractivity contribution in [3.05, 3.63) is 23.8 Å². The highest BCUT2D eigenvalue weighted by Gasteiger charge is 2.28. The molecule has 0 aromatic carbocycles. The Hall–Kier alpha value is -1.78. The molecule has 70 valence electrons. The second-order valence-corrected chi connectivity index (χ2v) is 3.51. The summed E-state index contributed by atoms with van der Waals surface area (Å²) in [7, 11) is 0. The standard InChI is InChI=1S/C9H8N4O/c14-5-6-3-10-9-12-11-8(7-1-2-7)13(9)4-6/h3-5,7H,1-2H2. The second-order valence-electron chi connectivity index (χ2n) is 3.51. The van der Waals surface area contributed by atoms with Gasteiger partial charge in [0.2, 0.25) is 0 Å². The molecule has 0 N–H and O–H groups in total. The van der Waals surface area contributed by atoms with Gasteiger partial charge in [0.1, 0.15) is 5.82 Å². The molecule has 0 bridgehead atoms. The van der Waals surface area contributed by atoms with Gasteiger partial charge in [-0.25, -0.2) is 4.98 Å². The number of hydrogen-bond acceptors (Lipinski definition) is 4. The number of carbonyl (C=O) groups is 1. The van der Waals surface area contributed by atoms with Gasteiger partial charge in [0.05, 0.1) is 0 Å². The molecule has 2 heterocycles. The first-order chi connectivity index (χ1) is 6.88. The van der Waals surface area contributed by atoms with E-state index in [1.807, 2.05) is 0 Å². The molecule has 14 heavy (non-hydrogen) atoms. The largest absolute Gasteiger partial charge is 0.298 e. The highest BCUT2D eigenvalue weighted by atomic mass is 16.1. The molecule has 1 saturated carbocycles. The first-order valence-corrected chi connectivity index (χ1v) is 4.54. The zero-order valence-electron chi connectivity index (χ0n) is 7.42. The van der Waals surface area contributed by atoms with Gasteiger partial charge >= 0.3 is 0 Å². The van der Waals surface area contributed by atoms with E-state index in [1.54, 1.807) is 10.6 Å². The molecule has 5 heteroatoms. The number of carbonyl (C=O) groups excluding carboxylic acids is 1. The van der Waals surface area contributed by atoms with E-state index in [0.29, 0.717) is 17.3 Å². The number of nitrogens with zero attached hydrogens (tertiary/aromatic N) is 4. The van der Waals surface area contributed by atoms with Crippen LogP contribution in [0.1, 0.15) is 34.9 Å². The van der Waals surface area contributed by atoms with E-state index in [4.69, 9.17) is 0 Å². The lowest BCUT2D eigenvalue weighted by Crippen LogP contribution is -1.96. The van der Waals surface area contributed by atoms with Gasteiger partial charge in [0, 0.05) is 23.9 Å². The lowest BCUT2D eigenvalue weighted by Gasteiger charge is -1.96. The molecule has 1 aliphatic rings. The van der Waals surface area contributed by atoms with Crippen LogP contribution in [0.4, 0.5) is 0 Å². The van der Waals surface area contributed by atoms with E-state index >= 15 is 0 Å². The van der Waals surface area contributed by atoms with Crippen molar-refractivity contribution in [2.75, 3.05) is 0 Å². The Balaban J connectivity index is 2.25. The minimum atomic E-state index is 0.508. The summed E-state index contributed by atoms with van der Waals surface area (Å²) >= 11 is 0. The number of aldehydes is 1. The average Bonchev–Trinajstić information content (AvgIpc) is 2.98. The molecule has 0 atom stereocenters. The maximum absolute atomic E-state index is 10.6.